The molecule has 1 atom stereocenters. The van der Waals surface area contributed by atoms with Gasteiger partial charge in [0.1, 0.15) is 17.3 Å². The molecule has 1 amide bonds. The van der Waals surface area contributed by atoms with Crippen LogP contribution in [-0.2, 0) is 16.4 Å². The molecule has 32 heavy (non-hydrogen) atoms. The van der Waals surface area contributed by atoms with Crippen molar-refractivity contribution in [1.82, 2.24) is 14.4 Å². The van der Waals surface area contributed by atoms with E-state index in [0.717, 1.165) is 24.5 Å². The zero-order chi connectivity index (χ0) is 23.5. The zero-order valence-electron chi connectivity index (χ0n) is 16.6. The number of nitrogens with zero attached hydrogens (tertiary/aromatic N) is 4. The number of hydrogen-bond acceptors (Lipinski definition) is 7. The Morgan fingerprint density at radius 3 is 2.41 bits per heavy atom. The molecule has 0 fully saturated rings. The number of carbonyl (C=O) groups is 1. The highest BCUT2D eigenvalue weighted by molar-refractivity contribution is 7.90. The minimum absolute atomic E-state index is 0.000722. The fraction of sp³-hybridized carbons (Fsp3) is 0.158. The van der Waals surface area contributed by atoms with E-state index in [0.29, 0.717) is 5.01 Å². The normalized spacial score (nSPS) is 12.2. The molecule has 3 aromatic rings. The van der Waals surface area contributed by atoms with Gasteiger partial charge >= 0.3 is 5.91 Å². The third-order valence-electron chi connectivity index (χ3n) is 4.29. The van der Waals surface area contributed by atoms with Crippen LogP contribution in [0.1, 0.15) is 23.3 Å². The molecule has 2 heterocycles. The Morgan fingerprint density at radius 1 is 1.19 bits per heavy atom. The number of nitrogens with one attached hydrogen (secondary N) is 1. The van der Waals surface area contributed by atoms with Gasteiger partial charge in [0.25, 0.3) is 10.0 Å². The van der Waals surface area contributed by atoms with Crippen molar-refractivity contribution in [3.05, 3.63) is 78.3 Å². The maximum Gasteiger partial charge on any atom is 0.313 e. The van der Waals surface area contributed by atoms with Gasteiger partial charge in [-0.2, -0.15) is 5.01 Å². The van der Waals surface area contributed by atoms with E-state index in [1.807, 2.05) is 0 Å². The number of nitrogens with two attached hydrogens (primary N) is 1. The maximum atomic E-state index is 14.6. The molecule has 3 rings (SSSR count). The number of amides is 1. The molecule has 0 radical (unpaired) electrons. The van der Waals surface area contributed by atoms with Crippen LogP contribution >= 0.6 is 0 Å². The van der Waals surface area contributed by atoms with Crippen molar-refractivity contribution in [3.8, 4) is 0 Å². The van der Waals surface area contributed by atoms with Crippen LogP contribution in [0.5, 0.6) is 0 Å². The van der Waals surface area contributed by atoms with Crippen LogP contribution in [0.2, 0.25) is 0 Å². The summed E-state index contributed by atoms with van der Waals surface area (Å²) < 4.78 is 59.7. The van der Waals surface area contributed by atoms with E-state index in [1.165, 1.54) is 37.5 Å². The van der Waals surface area contributed by atoms with Gasteiger partial charge < -0.3 is 10.2 Å². The topological polar surface area (TPSA) is 146 Å². The number of rotatable bonds is 6. The summed E-state index contributed by atoms with van der Waals surface area (Å²) in [4.78, 5) is 20.5. The van der Waals surface area contributed by atoms with Crippen molar-refractivity contribution < 1.29 is 26.4 Å². The number of guanidine groups is 1. The molecule has 0 saturated carbocycles. The Balaban J connectivity index is 2.08. The lowest BCUT2D eigenvalue weighted by Crippen LogP contribution is -2.58. The highest BCUT2D eigenvalue weighted by Crippen LogP contribution is 2.27. The first kappa shape index (κ1) is 22.8. The number of carbonyl (C=O) groups excluding carboxylic acids is 1. The van der Waals surface area contributed by atoms with Gasteiger partial charge in [-0.25, -0.2) is 27.2 Å². The van der Waals surface area contributed by atoms with Crippen LogP contribution in [-0.4, -0.2) is 39.9 Å². The molecule has 168 valence electrons. The van der Waals surface area contributed by atoms with Crippen LogP contribution in [0.15, 0.2) is 59.5 Å². The van der Waals surface area contributed by atoms with E-state index in [-0.39, 0.29) is 22.4 Å². The lowest BCUT2D eigenvalue weighted by Gasteiger charge is -2.35. The van der Waals surface area contributed by atoms with Gasteiger partial charge in [0.05, 0.1) is 23.9 Å². The average Bonchev–Trinajstić information content (AvgIpc) is 3.28. The summed E-state index contributed by atoms with van der Waals surface area (Å²) in [5, 5.41) is 6.95. The molecule has 0 aliphatic heterocycles. The summed E-state index contributed by atoms with van der Waals surface area (Å²) in [5.74, 6) is -4.11. The van der Waals surface area contributed by atoms with Crippen molar-refractivity contribution >= 4 is 27.6 Å². The summed E-state index contributed by atoms with van der Waals surface area (Å²) in [7, 11) is -4.60. The molecule has 0 aliphatic carbocycles. The molecule has 0 aliphatic rings. The fourth-order valence-electron chi connectivity index (χ4n) is 2.75. The number of furan rings is 1. The first-order chi connectivity index (χ1) is 15.1. The van der Waals surface area contributed by atoms with E-state index in [4.69, 9.17) is 15.6 Å². The van der Waals surface area contributed by atoms with Crippen molar-refractivity contribution in [2.75, 3.05) is 5.01 Å². The average molecular weight is 464 g/mol. The van der Waals surface area contributed by atoms with Gasteiger partial charge in [-0.05, 0) is 31.2 Å². The summed E-state index contributed by atoms with van der Waals surface area (Å²) in [6.45, 7) is 1.26. The second kappa shape index (κ2) is 9.09. The van der Waals surface area contributed by atoms with Crippen LogP contribution < -0.4 is 10.7 Å². The number of hydrogen-bond donors (Lipinski definition) is 2. The van der Waals surface area contributed by atoms with E-state index in [9.17, 15) is 22.0 Å². The Bertz CT molecular complexity index is 1220. The number of hydrazine groups is 1. The maximum absolute atomic E-state index is 14.6. The van der Waals surface area contributed by atoms with E-state index in [2.05, 4.69) is 9.97 Å². The van der Waals surface area contributed by atoms with Crippen molar-refractivity contribution in [3.63, 3.8) is 0 Å². The molecule has 2 aromatic heterocycles. The monoisotopic (exact) mass is 464 g/mol. The second-order valence-electron chi connectivity index (χ2n) is 6.55. The number of benzene rings is 1. The van der Waals surface area contributed by atoms with Crippen molar-refractivity contribution in [1.29, 1.82) is 5.41 Å². The zero-order valence-corrected chi connectivity index (χ0v) is 17.5. The summed E-state index contributed by atoms with van der Waals surface area (Å²) in [5.41, 5.74) is 5.08. The van der Waals surface area contributed by atoms with E-state index >= 15 is 0 Å². The highest BCUT2D eigenvalue weighted by Gasteiger charge is 2.40. The predicted octanol–water partition coefficient (Wildman–Crippen LogP) is 2.07. The SMILES string of the molecule is C[C@@H](Cc1ncc(F)cn1)S(=O)(=O)N(C(=N)N)N(C(=O)c1ccco1)c1ccccc1F. The molecule has 0 bridgehead atoms. The van der Waals surface area contributed by atoms with Crippen LogP contribution in [0.25, 0.3) is 0 Å². The first-order valence-electron chi connectivity index (χ1n) is 9.10. The molecule has 0 spiro atoms. The summed E-state index contributed by atoms with van der Waals surface area (Å²) >= 11 is 0. The minimum Gasteiger partial charge on any atom is -0.459 e. The molecule has 1 aromatic carbocycles. The van der Waals surface area contributed by atoms with Gasteiger partial charge in [-0.15, -0.1) is 4.41 Å². The lowest BCUT2D eigenvalue weighted by molar-refractivity contribution is 0.0931. The predicted molar refractivity (Wildman–Crippen MR) is 110 cm³/mol. The lowest BCUT2D eigenvalue weighted by atomic mass is 10.3. The van der Waals surface area contributed by atoms with Crippen molar-refractivity contribution in [2.45, 2.75) is 18.6 Å². The number of aromatic nitrogens is 2. The third-order valence-corrected chi connectivity index (χ3v) is 6.31. The number of para-hydroxylation sites is 1. The molecular weight excluding hydrogens is 446 g/mol. The Kier molecular flexibility index (Phi) is 6.48. The van der Waals surface area contributed by atoms with Crippen LogP contribution in [0.3, 0.4) is 0 Å². The largest absolute Gasteiger partial charge is 0.459 e. The number of sulfonamides is 1. The van der Waals surface area contributed by atoms with Crippen molar-refractivity contribution in [2.24, 2.45) is 5.73 Å². The smallest absolute Gasteiger partial charge is 0.313 e. The Hall–Kier alpha value is -3.87. The van der Waals surface area contributed by atoms with E-state index < -0.39 is 44.5 Å². The van der Waals surface area contributed by atoms with E-state index in [1.54, 1.807) is 0 Å². The quantitative estimate of drug-likeness (QED) is 0.322. The Labute approximate surface area is 181 Å². The standard InChI is InChI=1S/C19H18F2N6O4S/c1-12(9-17-24-10-13(20)11-25-17)32(29,30)27(19(22)23)26(15-6-3-2-5-14(15)21)18(28)16-7-4-8-31-16/h2-8,10-12H,9H2,1H3,(H3,22,23)/t12-/m0/s1. The minimum atomic E-state index is -4.60. The van der Waals surface area contributed by atoms with Gasteiger partial charge in [0, 0.05) is 6.42 Å². The van der Waals surface area contributed by atoms with Gasteiger partial charge in [0.2, 0.25) is 5.96 Å². The molecule has 0 saturated heterocycles. The van der Waals surface area contributed by atoms with Gasteiger partial charge in [0.15, 0.2) is 11.6 Å². The number of anilines is 1. The molecule has 3 N–H and O–H groups in total. The van der Waals surface area contributed by atoms with Crippen LogP contribution in [0, 0.1) is 17.0 Å². The van der Waals surface area contributed by atoms with Crippen LogP contribution in [0.4, 0.5) is 14.5 Å². The van der Waals surface area contributed by atoms with Gasteiger partial charge in [-0.1, -0.05) is 12.1 Å². The first-order valence-corrected chi connectivity index (χ1v) is 10.6. The summed E-state index contributed by atoms with van der Waals surface area (Å²) in [6.07, 6.45) is 2.62. The molecule has 0 unspecified atom stereocenters. The summed E-state index contributed by atoms with van der Waals surface area (Å²) in [6, 6.07) is 7.51. The Morgan fingerprint density at radius 2 is 1.84 bits per heavy atom. The molecular formula is C19H18F2N6O4S. The second-order valence-corrected chi connectivity index (χ2v) is 8.73. The molecule has 10 nitrogen and oxygen atoms in total. The molecule has 13 heteroatoms. The fourth-order valence-corrected chi connectivity index (χ4v) is 4.12. The highest BCUT2D eigenvalue weighted by atomic mass is 32.2. The number of halogens is 2. The third kappa shape index (κ3) is 4.56. The van der Waals surface area contributed by atoms with Gasteiger partial charge in [-0.3, -0.25) is 10.2 Å².